The van der Waals surface area contributed by atoms with E-state index in [2.05, 4.69) is 44.8 Å². The average molecular weight is 510 g/mol. The number of carbonyl (C=O) groups excluding carboxylic acids is 1. The van der Waals surface area contributed by atoms with E-state index < -0.39 is 0 Å². The third-order valence-electron chi connectivity index (χ3n) is 6.78. The second-order valence-electron chi connectivity index (χ2n) is 8.64. The van der Waals surface area contributed by atoms with Crippen LogP contribution in [0.5, 0.6) is 0 Å². The highest BCUT2D eigenvalue weighted by molar-refractivity contribution is 14.0. The van der Waals surface area contributed by atoms with Gasteiger partial charge in [-0.25, -0.2) is 0 Å². The van der Waals surface area contributed by atoms with Crippen molar-refractivity contribution in [2.75, 3.05) is 26.7 Å². The summed E-state index contributed by atoms with van der Waals surface area (Å²) in [5, 5.41) is 7.09. The van der Waals surface area contributed by atoms with Crippen LogP contribution in [0.25, 0.3) is 0 Å². The lowest BCUT2D eigenvalue weighted by atomic mass is 9.83. The van der Waals surface area contributed by atoms with E-state index >= 15 is 0 Å². The Bertz CT molecular complexity index is 717. The van der Waals surface area contributed by atoms with Gasteiger partial charge in [-0.3, -0.25) is 9.79 Å². The van der Waals surface area contributed by atoms with E-state index in [1.807, 2.05) is 7.05 Å². The zero-order valence-corrected chi connectivity index (χ0v) is 19.9. The molecule has 1 aliphatic heterocycles. The van der Waals surface area contributed by atoms with Crippen LogP contribution < -0.4 is 10.6 Å². The summed E-state index contributed by atoms with van der Waals surface area (Å²) >= 11 is 0. The number of carbonyl (C=O) groups is 1. The number of amides is 1. The largest absolute Gasteiger partial charge is 0.356 e. The number of aliphatic imine (C=N–C) groups is 1. The third kappa shape index (κ3) is 5.44. The number of guanidine groups is 1. The van der Waals surface area contributed by atoms with Crippen molar-refractivity contribution >= 4 is 35.8 Å². The fourth-order valence-electron chi connectivity index (χ4n) is 5.18. The van der Waals surface area contributed by atoms with E-state index in [1.54, 1.807) is 0 Å². The highest BCUT2D eigenvalue weighted by Gasteiger charge is 2.32. The van der Waals surface area contributed by atoms with E-state index in [-0.39, 0.29) is 29.9 Å². The van der Waals surface area contributed by atoms with E-state index in [0.717, 1.165) is 44.9 Å². The van der Waals surface area contributed by atoms with Gasteiger partial charge in [-0.2, -0.15) is 0 Å². The number of fused-ring (bicyclic) bond motifs is 1. The number of hydrogen-bond acceptors (Lipinski definition) is 2. The summed E-state index contributed by atoms with van der Waals surface area (Å²) in [5.74, 6) is 2.07. The van der Waals surface area contributed by atoms with Crippen LogP contribution in [0.4, 0.5) is 0 Å². The lowest BCUT2D eigenvalue weighted by molar-refractivity contribution is -0.134. The predicted molar refractivity (Wildman–Crippen MR) is 129 cm³/mol. The van der Waals surface area contributed by atoms with Crippen LogP contribution in [0.15, 0.2) is 29.3 Å². The van der Waals surface area contributed by atoms with Gasteiger partial charge in [0.1, 0.15) is 0 Å². The maximum atomic E-state index is 12.6. The first kappa shape index (κ1) is 22.4. The zero-order chi connectivity index (χ0) is 19.3. The van der Waals surface area contributed by atoms with Gasteiger partial charge in [0.2, 0.25) is 5.91 Å². The molecule has 4 rings (SSSR count). The van der Waals surface area contributed by atoms with Crippen molar-refractivity contribution < 1.29 is 4.79 Å². The van der Waals surface area contributed by atoms with Gasteiger partial charge in [0.25, 0.3) is 0 Å². The Balaban J connectivity index is 0.00000240. The van der Waals surface area contributed by atoms with Gasteiger partial charge in [-0.05, 0) is 49.7 Å². The van der Waals surface area contributed by atoms with Gasteiger partial charge in [-0.15, -0.1) is 24.0 Å². The molecular formula is C23H35IN4O. The number of rotatable bonds is 4. The Morgan fingerprint density at radius 1 is 1.14 bits per heavy atom. The summed E-state index contributed by atoms with van der Waals surface area (Å²) in [4.78, 5) is 19.1. The molecular weight excluding hydrogens is 475 g/mol. The van der Waals surface area contributed by atoms with Crippen molar-refractivity contribution in [2.45, 2.75) is 63.3 Å². The molecule has 6 heteroatoms. The standard InChI is InChI=1S/C23H34N4O.HI/c1-24-23(25-15-19-11-6-10-17-7-4-5-12-21(17)19)26-20-13-14-27(16-20)22(28)18-8-2-3-9-18;/h4-5,7,12,18-20H,2-3,6,8-11,13-16H2,1H3,(H2,24,25,26);1H. The van der Waals surface area contributed by atoms with Crippen molar-refractivity contribution in [2.24, 2.45) is 10.9 Å². The van der Waals surface area contributed by atoms with Gasteiger partial charge in [0.05, 0.1) is 0 Å². The van der Waals surface area contributed by atoms with E-state index in [9.17, 15) is 4.79 Å². The SMILES string of the molecule is CN=C(NCC1CCCc2ccccc21)NC1CCN(C(=O)C2CCCC2)C1.I. The molecule has 29 heavy (non-hydrogen) atoms. The topological polar surface area (TPSA) is 56.7 Å². The van der Waals surface area contributed by atoms with E-state index in [0.29, 0.717) is 17.9 Å². The first-order chi connectivity index (χ1) is 13.7. The van der Waals surface area contributed by atoms with Gasteiger partial charge >= 0.3 is 0 Å². The number of hydrogen-bond donors (Lipinski definition) is 2. The van der Waals surface area contributed by atoms with Gasteiger partial charge < -0.3 is 15.5 Å². The fourth-order valence-corrected chi connectivity index (χ4v) is 5.18. The second-order valence-corrected chi connectivity index (χ2v) is 8.64. The first-order valence-corrected chi connectivity index (χ1v) is 11.1. The van der Waals surface area contributed by atoms with Gasteiger partial charge in [-0.1, -0.05) is 37.1 Å². The summed E-state index contributed by atoms with van der Waals surface area (Å²) in [6, 6.07) is 9.14. The van der Waals surface area contributed by atoms with Crippen molar-refractivity contribution in [3.8, 4) is 0 Å². The normalized spacial score (nSPS) is 24.7. The number of aryl methyl sites for hydroxylation is 1. The molecule has 0 aromatic heterocycles. The van der Waals surface area contributed by atoms with Crippen LogP contribution >= 0.6 is 24.0 Å². The van der Waals surface area contributed by atoms with Crippen LogP contribution in [0, 0.1) is 5.92 Å². The molecule has 160 valence electrons. The molecule has 1 aromatic rings. The minimum atomic E-state index is 0. The molecule has 2 fully saturated rings. The van der Waals surface area contributed by atoms with Gasteiger partial charge in [0.15, 0.2) is 5.96 Å². The highest BCUT2D eigenvalue weighted by atomic mass is 127. The number of halogens is 1. The van der Waals surface area contributed by atoms with Crippen LogP contribution in [0.1, 0.15) is 62.0 Å². The minimum absolute atomic E-state index is 0. The Kier molecular flexibility index (Phi) is 8.21. The Morgan fingerprint density at radius 3 is 2.72 bits per heavy atom. The lowest BCUT2D eigenvalue weighted by Crippen LogP contribution is -2.46. The Morgan fingerprint density at radius 2 is 1.93 bits per heavy atom. The molecule has 0 spiro atoms. The van der Waals surface area contributed by atoms with Crippen molar-refractivity contribution in [3.05, 3.63) is 35.4 Å². The Labute approximate surface area is 192 Å². The number of nitrogens with zero attached hydrogens (tertiary/aromatic N) is 2. The molecule has 1 saturated heterocycles. The van der Waals surface area contributed by atoms with Gasteiger partial charge in [0, 0.05) is 44.6 Å². The monoisotopic (exact) mass is 510 g/mol. The van der Waals surface area contributed by atoms with Crippen LogP contribution in [-0.4, -0.2) is 49.5 Å². The molecule has 0 bridgehead atoms. The number of nitrogens with one attached hydrogen (secondary N) is 2. The summed E-state index contributed by atoms with van der Waals surface area (Å²) in [5.41, 5.74) is 2.99. The summed E-state index contributed by atoms with van der Waals surface area (Å²) in [6.07, 6.45) is 9.29. The molecule has 3 aliphatic rings. The number of likely N-dealkylation sites (tertiary alicyclic amines) is 1. The van der Waals surface area contributed by atoms with E-state index in [1.165, 1.54) is 43.2 Å². The molecule has 2 unspecified atom stereocenters. The van der Waals surface area contributed by atoms with Crippen molar-refractivity contribution in [3.63, 3.8) is 0 Å². The molecule has 1 saturated carbocycles. The summed E-state index contributed by atoms with van der Waals surface area (Å²) in [7, 11) is 1.83. The highest BCUT2D eigenvalue weighted by Crippen LogP contribution is 2.31. The molecule has 1 amide bonds. The smallest absolute Gasteiger partial charge is 0.225 e. The maximum Gasteiger partial charge on any atom is 0.225 e. The maximum absolute atomic E-state index is 12.6. The quantitative estimate of drug-likeness (QED) is 0.369. The minimum Gasteiger partial charge on any atom is -0.356 e. The summed E-state index contributed by atoms with van der Waals surface area (Å²) in [6.45, 7) is 2.59. The third-order valence-corrected chi connectivity index (χ3v) is 6.78. The first-order valence-electron chi connectivity index (χ1n) is 11.1. The van der Waals surface area contributed by atoms with Crippen LogP contribution in [0.2, 0.25) is 0 Å². The predicted octanol–water partition coefficient (Wildman–Crippen LogP) is 3.68. The number of benzene rings is 1. The van der Waals surface area contributed by atoms with Crippen LogP contribution in [0.3, 0.4) is 0 Å². The Hall–Kier alpha value is -1.31. The average Bonchev–Trinajstić information content (AvgIpc) is 3.43. The van der Waals surface area contributed by atoms with Crippen molar-refractivity contribution in [1.82, 2.24) is 15.5 Å². The molecule has 1 heterocycles. The molecule has 5 nitrogen and oxygen atoms in total. The molecule has 2 aliphatic carbocycles. The molecule has 2 N–H and O–H groups in total. The zero-order valence-electron chi connectivity index (χ0n) is 17.5. The van der Waals surface area contributed by atoms with Crippen LogP contribution in [-0.2, 0) is 11.2 Å². The van der Waals surface area contributed by atoms with Crippen molar-refractivity contribution in [1.29, 1.82) is 0 Å². The lowest BCUT2D eigenvalue weighted by Gasteiger charge is -2.27. The second kappa shape index (κ2) is 10.6. The molecule has 2 atom stereocenters. The fraction of sp³-hybridized carbons (Fsp3) is 0.652. The van der Waals surface area contributed by atoms with E-state index in [4.69, 9.17) is 0 Å². The summed E-state index contributed by atoms with van der Waals surface area (Å²) < 4.78 is 0. The molecule has 0 radical (unpaired) electrons. The molecule has 1 aromatic carbocycles.